The van der Waals surface area contributed by atoms with Crippen LogP contribution < -0.4 is 20.5 Å². The zero-order chi connectivity index (χ0) is 20.6. The molecule has 0 aromatic heterocycles. The summed E-state index contributed by atoms with van der Waals surface area (Å²) in [4.78, 5) is 12.1. The second-order valence-corrected chi connectivity index (χ2v) is 7.31. The number of primary sulfonamides is 1. The summed E-state index contributed by atoms with van der Waals surface area (Å²) in [6, 6.07) is 14.8. The topological polar surface area (TPSA) is 134 Å². The first kappa shape index (κ1) is 21.0. The number of hydrogen-bond donors (Lipinski definition) is 3. The first-order valence-electron chi connectivity index (χ1n) is 8.24. The Bertz CT molecular complexity index is 992. The van der Waals surface area contributed by atoms with Crippen molar-refractivity contribution in [2.45, 2.75) is 11.3 Å². The number of sulfonamides is 1. The van der Waals surface area contributed by atoms with Gasteiger partial charge < -0.3 is 15.4 Å². The van der Waals surface area contributed by atoms with Crippen LogP contribution in [0.1, 0.15) is 5.56 Å². The summed E-state index contributed by atoms with van der Waals surface area (Å²) in [6.45, 7) is 0.536. The summed E-state index contributed by atoms with van der Waals surface area (Å²) in [5.41, 5.74) is 1.32. The van der Waals surface area contributed by atoms with Crippen molar-refractivity contribution in [2.24, 2.45) is 5.14 Å². The van der Waals surface area contributed by atoms with Crippen LogP contribution in [0.5, 0.6) is 5.75 Å². The molecular weight excluding hydrogens is 380 g/mol. The number of methoxy groups -OCH3 is 1. The smallest absolute Gasteiger partial charge is 0.267 e. The fourth-order valence-corrected chi connectivity index (χ4v) is 2.77. The molecule has 0 saturated carbocycles. The van der Waals surface area contributed by atoms with Gasteiger partial charge in [-0.05, 0) is 48.4 Å². The van der Waals surface area contributed by atoms with Crippen LogP contribution in [0.4, 0.5) is 5.69 Å². The van der Waals surface area contributed by atoms with Crippen LogP contribution in [0.2, 0.25) is 0 Å². The minimum Gasteiger partial charge on any atom is -0.497 e. The molecule has 0 saturated heterocycles. The van der Waals surface area contributed by atoms with E-state index < -0.39 is 15.9 Å². The Balaban J connectivity index is 1.90. The van der Waals surface area contributed by atoms with E-state index in [1.807, 2.05) is 30.3 Å². The number of carbonyl (C=O) groups excluding carboxylic acids is 1. The first-order valence-corrected chi connectivity index (χ1v) is 9.79. The molecule has 28 heavy (non-hydrogen) atoms. The maximum absolute atomic E-state index is 12.2. The van der Waals surface area contributed by atoms with Crippen LogP contribution in [0.3, 0.4) is 0 Å². The molecule has 9 heteroatoms. The molecule has 8 nitrogen and oxygen atoms in total. The van der Waals surface area contributed by atoms with E-state index in [1.165, 1.54) is 30.5 Å². The Kier molecular flexibility index (Phi) is 7.14. The van der Waals surface area contributed by atoms with E-state index in [0.717, 1.165) is 11.3 Å². The fourth-order valence-electron chi connectivity index (χ4n) is 2.26. The second-order valence-electron chi connectivity index (χ2n) is 5.75. The Morgan fingerprint density at radius 3 is 2.36 bits per heavy atom. The Morgan fingerprint density at radius 2 is 1.82 bits per heavy atom. The molecule has 2 rings (SSSR count). The van der Waals surface area contributed by atoms with Crippen LogP contribution in [-0.4, -0.2) is 28.0 Å². The molecule has 0 aliphatic heterocycles. The zero-order valence-corrected chi connectivity index (χ0v) is 16.0. The fraction of sp³-hybridized carbons (Fsp3) is 0.158. The van der Waals surface area contributed by atoms with Crippen LogP contribution in [0.15, 0.2) is 65.2 Å². The van der Waals surface area contributed by atoms with Gasteiger partial charge in [0.2, 0.25) is 10.0 Å². The SMILES string of the molecule is COc1ccc(CCN/C=C(/C#N)C(=O)Nc2ccc(S(N)(=O)=O)cc2)cc1. The number of nitrogens with two attached hydrogens (primary N) is 1. The highest BCUT2D eigenvalue weighted by atomic mass is 32.2. The number of nitrogens with one attached hydrogen (secondary N) is 2. The summed E-state index contributed by atoms with van der Waals surface area (Å²) >= 11 is 0. The molecule has 0 heterocycles. The van der Waals surface area contributed by atoms with Crippen molar-refractivity contribution in [1.29, 1.82) is 5.26 Å². The lowest BCUT2D eigenvalue weighted by atomic mass is 10.1. The largest absolute Gasteiger partial charge is 0.497 e. The third-order valence-electron chi connectivity index (χ3n) is 3.77. The number of ether oxygens (including phenoxy) is 1. The number of nitriles is 1. The van der Waals surface area contributed by atoms with E-state index in [4.69, 9.17) is 9.88 Å². The standard InChI is InChI=1S/C19H20N4O4S/c1-27-17-6-2-14(3-7-17)10-11-22-13-15(12-20)19(24)23-16-4-8-18(9-5-16)28(21,25)26/h2-9,13,22H,10-11H2,1H3,(H,23,24)(H2,21,25,26)/b15-13-. The van der Waals surface area contributed by atoms with E-state index in [9.17, 15) is 18.5 Å². The third-order valence-corrected chi connectivity index (χ3v) is 4.70. The van der Waals surface area contributed by atoms with Gasteiger partial charge in [0.05, 0.1) is 12.0 Å². The van der Waals surface area contributed by atoms with Gasteiger partial charge in [0, 0.05) is 18.4 Å². The van der Waals surface area contributed by atoms with Gasteiger partial charge in [-0.2, -0.15) is 5.26 Å². The van der Waals surface area contributed by atoms with Crippen LogP contribution in [0.25, 0.3) is 0 Å². The number of benzene rings is 2. The van der Waals surface area contributed by atoms with E-state index >= 15 is 0 Å². The monoisotopic (exact) mass is 400 g/mol. The third kappa shape index (κ3) is 6.12. The van der Waals surface area contributed by atoms with Crippen molar-refractivity contribution < 1.29 is 17.9 Å². The van der Waals surface area contributed by atoms with Crippen molar-refractivity contribution in [1.82, 2.24) is 5.32 Å². The highest BCUT2D eigenvalue weighted by Gasteiger charge is 2.11. The van der Waals surface area contributed by atoms with Crippen molar-refractivity contribution in [3.8, 4) is 11.8 Å². The molecule has 0 aliphatic carbocycles. The highest BCUT2D eigenvalue weighted by molar-refractivity contribution is 7.89. The predicted molar refractivity (Wildman–Crippen MR) is 105 cm³/mol. The molecule has 1 amide bonds. The molecule has 0 fully saturated rings. The normalized spacial score (nSPS) is 11.4. The highest BCUT2D eigenvalue weighted by Crippen LogP contribution is 2.14. The summed E-state index contributed by atoms with van der Waals surface area (Å²) in [6.07, 6.45) is 2.05. The van der Waals surface area contributed by atoms with E-state index in [1.54, 1.807) is 7.11 Å². The molecule has 146 valence electrons. The predicted octanol–water partition coefficient (Wildman–Crippen LogP) is 1.52. The zero-order valence-electron chi connectivity index (χ0n) is 15.2. The number of amides is 1. The minimum atomic E-state index is -3.80. The average molecular weight is 400 g/mol. The number of rotatable bonds is 8. The summed E-state index contributed by atoms with van der Waals surface area (Å²) in [5.74, 6) is 0.167. The molecule has 0 atom stereocenters. The van der Waals surface area contributed by atoms with E-state index in [0.29, 0.717) is 18.7 Å². The van der Waals surface area contributed by atoms with Gasteiger partial charge in [-0.15, -0.1) is 0 Å². The minimum absolute atomic E-state index is 0.0678. The van der Waals surface area contributed by atoms with Crippen molar-refractivity contribution in [3.05, 3.63) is 65.9 Å². The molecule has 4 N–H and O–H groups in total. The van der Waals surface area contributed by atoms with Gasteiger partial charge in [-0.3, -0.25) is 4.79 Å². The van der Waals surface area contributed by atoms with Crippen LogP contribution in [0, 0.1) is 11.3 Å². The van der Waals surface area contributed by atoms with Crippen molar-refractivity contribution in [3.63, 3.8) is 0 Å². The van der Waals surface area contributed by atoms with Gasteiger partial charge >= 0.3 is 0 Å². The lowest BCUT2D eigenvalue weighted by Crippen LogP contribution is -2.18. The molecule has 2 aromatic rings. The Morgan fingerprint density at radius 1 is 1.18 bits per heavy atom. The van der Waals surface area contributed by atoms with Crippen LogP contribution >= 0.6 is 0 Å². The molecule has 0 bridgehead atoms. The molecule has 0 aliphatic rings. The number of nitrogens with zero attached hydrogens (tertiary/aromatic N) is 1. The Labute approximate surface area is 163 Å². The van der Waals surface area contributed by atoms with Crippen molar-refractivity contribution in [2.75, 3.05) is 19.0 Å². The van der Waals surface area contributed by atoms with E-state index in [-0.39, 0.29) is 10.5 Å². The molecule has 0 spiro atoms. The number of hydrogen-bond acceptors (Lipinski definition) is 6. The molecule has 2 aromatic carbocycles. The molecule has 0 radical (unpaired) electrons. The maximum atomic E-state index is 12.2. The maximum Gasteiger partial charge on any atom is 0.267 e. The number of anilines is 1. The molecule has 0 unspecified atom stereocenters. The molecular formula is C19H20N4O4S. The lowest BCUT2D eigenvalue weighted by Gasteiger charge is -2.06. The average Bonchev–Trinajstić information content (AvgIpc) is 2.68. The van der Waals surface area contributed by atoms with Gasteiger partial charge in [-0.25, -0.2) is 13.6 Å². The van der Waals surface area contributed by atoms with Crippen molar-refractivity contribution >= 4 is 21.6 Å². The first-order chi connectivity index (χ1) is 13.3. The lowest BCUT2D eigenvalue weighted by molar-refractivity contribution is -0.112. The summed E-state index contributed by atoms with van der Waals surface area (Å²) < 4.78 is 27.5. The van der Waals surface area contributed by atoms with E-state index in [2.05, 4.69) is 10.6 Å². The quantitative estimate of drug-likeness (QED) is 0.349. The van der Waals surface area contributed by atoms with Gasteiger partial charge in [-0.1, -0.05) is 12.1 Å². The summed E-state index contributed by atoms with van der Waals surface area (Å²) in [7, 11) is -2.20. The number of carbonyl (C=O) groups is 1. The van der Waals surface area contributed by atoms with Gasteiger partial charge in [0.1, 0.15) is 17.4 Å². The Hall–Kier alpha value is -3.35. The van der Waals surface area contributed by atoms with Gasteiger partial charge in [0.15, 0.2) is 0 Å². The summed E-state index contributed by atoms with van der Waals surface area (Å²) in [5, 5.41) is 19.7. The van der Waals surface area contributed by atoms with Crippen LogP contribution in [-0.2, 0) is 21.2 Å². The van der Waals surface area contributed by atoms with Gasteiger partial charge in [0.25, 0.3) is 5.91 Å². The second kappa shape index (κ2) is 9.55.